The predicted octanol–water partition coefficient (Wildman–Crippen LogP) is 2.09. The van der Waals surface area contributed by atoms with E-state index in [-0.39, 0.29) is 48.3 Å². The van der Waals surface area contributed by atoms with Crippen LogP contribution in [0.15, 0.2) is 41.7 Å². The summed E-state index contributed by atoms with van der Waals surface area (Å²) in [6.45, 7) is 4.62. The molecule has 0 bridgehead atoms. The van der Waals surface area contributed by atoms with Gasteiger partial charge in [0.1, 0.15) is 12.4 Å². The summed E-state index contributed by atoms with van der Waals surface area (Å²) in [6, 6.07) is 6.54. The summed E-state index contributed by atoms with van der Waals surface area (Å²) in [5.41, 5.74) is 1.68. The van der Waals surface area contributed by atoms with Gasteiger partial charge in [-0.3, -0.25) is 14.5 Å². The Kier molecular flexibility index (Phi) is 9.23. The van der Waals surface area contributed by atoms with Crippen LogP contribution in [0.1, 0.15) is 18.5 Å². The Morgan fingerprint density at radius 2 is 2.13 bits per heavy atom. The van der Waals surface area contributed by atoms with Crippen LogP contribution in [0.5, 0.6) is 0 Å². The van der Waals surface area contributed by atoms with Crippen LogP contribution in [0, 0.1) is 5.82 Å². The lowest BCUT2D eigenvalue weighted by Crippen LogP contribution is -2.55. The Morgan fingerprint density at radius 1 is 1.35 bits per heavy atom. The molecule has 2 heterocycles. The SMILES string of the molecule is CCNC(=NCC(c1cccc(F)c1)N(C)C)N1CCN(c2cnn(C)c2)C(=O)C1.I. The maximum Gasteiger partial charge on any atom is 0.246 e. The van der Waals surface area contributed by atoms with E-state index in [9.17, 15) is 9.18 Å². The zero-order valence-corrected chi connectivity index (χ0v) is 20.8. The molecule has 1 aliphatic heterocycles. The molecule has 10 heteroatoms. The van der Waals surface area contributed by atoms with Crippen LogP contribution in [0.25, 0.3) is 0 Å². The highest BCUT2D eigenvalue weighted by Gasteiger charge is 2.28. The van der Waals surface area contributed by atoms with Gasteiger partial charge in [0.2, 0.25) is 5.91 Å². The van der Waals surface area contributed by atoms with Crippen molar-refractivity contribution >= 4 is 41.5 Å². The van der Waals surface area contributed by atoms with E-state index in [1.54, 1.807) is 27.9 Å². The summed E-state index contributed by atoms with van der Waals surface area (Å²) in [5, 5.41) is 7.44. The maximum atomic E-state index is 13.7. The largest absolute Gasteiger partial charge is 0.357 e. The third-order valence-electron chi connectivity index (χ3n) is 5.13. The average Bonchev–Trinajstić information content (AvgIpc) is 3.13. The Bertz CT molecular complexity index is 901. The first-order chi connectivity index (χ1) is 14.4. The summed E-state index contributed by atoms with van der Waals surface area (Å²) < 4.78 is 15.4. The first-order valence-corrected chi connectivity index (χ1v) is 10.1. The lowest BCUT2D eigenvalue weighted by Gasteiger charge is -2.35. The van der Waals surface area contributed by atoms with Gasteiger partial charge < -0.3 is 20.0 Å². The molecule has 3 rings (SSSR count). The van der Waals surface area contributed by atoms with Crippen molar-refractivity contribution in [3.63, 3.8) is 0 Å². The molecule has 0 radical (unpaired) electrons. The van der Waals surface area contributed by atoms with Crippen molar-refractivity contribution in [1.29, 1.82) is 0 Å². The molecule has 170 valence electrons. The number of halogens is 2. The van der Waals surface area contributed by atoms with Crippen molar-refractivity contribution < 1.29 is 9.18 Å². The van der Waals surface area contributed by atoms with Gasteiger partial charge in [-0.25, -0.2) is 4.39 Å². The first-order valence-electron chi connectivity index (χ1n) is 10.1. The molecule has 31 heavy (non-hydrogen) atoms. The minimum Gasteiger partial charge on any atom is -0.357 e. The number of rotatable bonds is 6. The minimum absolute atomic E-state index is 0. The molecular formula is C21H31FIN7O. The van der Waals surface area contributed by atoms with Crippen LogP contribution < -0.4 is 10.2 Å². The molecule has 0 aliphatic carbocycles. The van der Waals surface area contributed by atoms with Crippen molar-refractivity contribution in [3.05, 3.63) is 48.0 Å². The van der Waals surface area contributed by atoms with Crippen LogP contribution >= 0.6 is 24.0 Å². The lowest BCUT2D eigenvalue weighted by atomic mass is 10.1. The van der Waals surface area contributed by atoms with E-state index in [0.717, 1.165) is 11.3 Å². The molecule has 1 saturated heterocycles. The van der Waals surface area contributed by atoms with Crippen molar-refractivity contribution in [2.45, 2.75) is 13.0 Å². The second-order valence-electron chi connectivity index (χ2n) is 7.57. The van der Waals surface area contributed by atoms with Crippen LogP contribution in [0.2, 0.25) is 0 Å². The van der Waals surface area contributed by atoms with E-state index in [2.05, 4.69) is 10.4 Å². The number of hydrogen-bond acceptors (Lipinski definition) is 4. The lowest BCUT2D eigenvalue weighted by molar-refractivity contribution is -0.120. The van der Waals surface area contributed by atoms with Crippen LogP contribution in [-0.4, -0.2) is 78.3 Å². The molecule has 1 aromatic carbocycles. The normalized spacial score (nSPS) is 15.8. The van der Waals surface area contributed by atoms with E-state index < -0.39 is 0 Å². The van der Waals surface area contributed by atoms with Crippen molar-refractivity contribution in [3.8, 4) is 0 Å². The fraction of sp³-hybridized carbons (Fsp3) is 0.476. The van der Waals surface area contributed by atoms with Crippen LogP contribution in [0.4, 0.5) is 10.1 Å². The molecule has 1 unspecified atom stereocenters. The Morgan fingerprint density at radius 3 is 2.71 bits per heavy atom. The quantitative estimate of drug-likeness (QED) is 0.344. The number of amides is 1. The number of aromatic nitrogens is 2. The number of nitrogens with one attached hydrogen (secondary N) is 1. The number of carbonyl (C=O) groups excluding carboxylic acids is 1. The predicted molar refractivity (Wildman–Crippen MR) is 131 cm³/mol. The third kappa shape index (κ3) is 6.39. The Labute approximate surface area is 200 Å². The standard InChI is InChI=1S/C21H30FN7O.HI/c1-5-23-21(24-13-19(26(2)3)16-7-6-8-17(22)11-16)28-9-10-29(20(30)15-28)18-12-25-27(4)14-18;/h6-8,11-12,14,19H,5,9-10,13,15H2,1-4H3,(H,23,24);1H. The van der Waals surface area contributed by atoms with E-state index >= 15 is 0 Å². The smallest absolute Gasteiger partial charge is 0.246 e. The molecule has 2 aromatic rings. The van der Waals surface area contributed by atoms with E-state index in [0.29, 0.717) is 32.1 Å². The highest BCUT2D eigenvalue weighted by molar-refractivity contribution is 14.0. The fourth-order valence-electron chi connectivity index (χ4n) is 3.55. The van der Waals surface area contributed by atoms with Gasteiger partial charge in [0, 0.05) is 32.9 Å². The number of guanidine groups is 1. The fourth-order valence-corrected chi connectivity index (χ4v) is 3.55. The zero-order chi connectivity index (χ0) is 21.7. The van der Waals surface area contributed by atoms with Gasteiger partial charge in [-0.15, -0.1) is 24.0 Å². The zero-order valence-electron chi connectivity index (χ0n) is 18.5. The van der Waals surface area contributed by atoms with E-state index in [4.69, 9.17) is 4.99 Å². The van der Waals surface area contributed by atoms with Crippen molar-refractivity contribution in [1.82, 2.24) is 24.9 Å². The molecule has 0 spiro atoms. The van der Waals surface area contributed by atoms with Gasteiger partial charge in [-0.1, -0.05) is 12.1 Å². The second kappa shape index (κ2) is 11.4. The number of anilines is 1. The minimum atomic E-state index is -0.257. The monoisotopic (exact) mass is 543 g/mol. The van der Waals surface area contributed by atoms with E-state index in [1.807, 2.05) is 50.1 Å². The number of carbonyl (C=O) groups is 1. The van der Waals surface area contributed by atoms with Gasteiger partial charge in [-0.05, 0) is 38.7 Å². The van der Waals surface area contributed by atoms with Crippen LogP contribution in [-0.2, 0) is 11.8 Å². The summed E-state index contributed by atoms with van der Waals surface area (Å²) in [6.07, 6.45) is 3.54. The number of nitrogens with zero attached hydrogens (tertiary/aromatic N) is 6. The van der Waals surface area contributed by atoms with Crippen molar-refractivity contribution in [2.24, 2.45) is 12.0 Å². The summed E-state index contributed by atoms with van der Waals surface area (Å²) in [4.78, 5) is 23.3. The number of aliphatic imine (C=N–C) groups is 1. The summed E-state index contributed by atoms with van der Waals surface area (Å²) >= 11 is 0. The number of benzene rings is 1. The van der Waals surface area contributed by atoms with Gasteiger partial charge in [0.25, 0.3) is 0 Å². The third-order valence-corrected chi connectivity index (χ3v) is 5.13. The Hall–Kier alpha value is -2.21. The molecule has 1 aliphatic rings. The van der Waals surface area contributed by atoms with Gasteiger partial charge in [-0.2, -0.15) is 5.10 Å². The van der Waals surface area contributed by atoms with E-state index in [1.165, 1.54) is 6.07 Å². The highest BCUT2D eigenvalue weighted by Crippen LogP contribution is 2.20. The molecular weight excluding hydrogens is 512 g/mol. The molecule has 1 fully saturated rings. The second-order valence-corrected chi connectivity index (χ2v) is 7.57. The molecule has 1 atom stereocenters. The molecule has 1 amide bonds. The van der Waals surface area contributed by atoms with Crippen molar-refractivity contribution in [2.75, 3.05) is 51.7 Å². The van der Waals surface area contributed by atoms with Crippen LogP contribution in [0.3, 0.4) is 0 Å². The molecule has 8 nitrogen and oxygen atoms in total. The number of likely N-dealkylation sites (N-methyl/N-ethyl adjacent to an activating group) is 1. The molecule has 1 N–H and O–H groups in total. The number of aryl methyl sites for hydroxylation is 1. The molecule has 1 aromatic heterocycles. The number of hydrogen-bond donors (Lipinski definition) is 1. The number of piperazine rings is 1. The average molecular weight is 543 g/mol. The van der Waals surface area contributed by atoms with Gasteiger partial charge >= 0.3 is 0 Å². The maximum absolute atomic E-state index is 13.7. The summed E-state index contributed by atoms with van der Waals surface area (Å²) in [7, 11) is 5.74. The Balaban J connectivity index is 0.00000341. The van der Waals surface area contributed by atoms with Gasteiger partial charge in [0.05, 0.1) is 24.5 Å². The summed E-state index contributed by atoms with van der Waals surface area (Å²) in [5.74, 6) is 0.446. The topological polar surface area (TPSA) is 69.0 Å². The van der Waals surface area contributed by atoms with Gasteiger partial charge in [0.15, 0.2) is 5.96 Å². The molecule has 0 saturated carbocycles. The highest BCUT2D eigenvalue weighted by atomic mass is 127. The first kappa shape index (κ1) is 25.1.